The van der Waals surface area contributed by atoms with Crippen LogP contribution in [0.4, 0.5) is 5.00 Å². The molecule has 1 aliphatic carbocycles. The molecule has 0 fully saturated rings. The highest BCUT2D eigenvalue weighted by Crippen LogP contribution is 2.39. The van der Waals surface area contributed by atoms with E-state index in [1.807, 2.05) is 12.1 Å². The summed E-state index contributed by atoms with van der Waals surface area (Å²) in [5, 5.41) is 3.44. The third-order valence-electron chi connectivity index (χ3n) is 4.75. The van der Waals surface area contributed by atoms with Gasteiger partial charge in [0.2, 0.25) is 5.91 Å². The van der Waals surface area contributed by atoms with E-state index in [2.05, 4.69) is 38.2 Å². The van der Waals surface area contributed by atoms with E-state index in [1.54, 1.807) is 6.08 Å². The minimum atomic E-state index is -0.383. The van der Waals surface area contributed by atoms with Crippen molar-refractivity contribution in [3.8, 4) is 0 Å². The molecule has 0 atom stereocenters. The second kappa shape index (κ2) is 7.69. The maximum atomic E-state index is 12.4. The summed E-state index contributed by atoms with van der Waals surface area (Å²) in [7, 11) is 1.37. The number of fused-ring (bicyclic) bond motifs is 1. The van der Waals surface area contributed by atoms with Gasteiger partial charge in [-0.05, 0) is 47.4 Å². The third-order valence-corrected chi connectivity index (χ3v) is 5.96. The lowest BCUT2D eigenvalue weighted by Gasteiger charge is -2.18. The molecule has 1 N–H and O–H groups in total. The zero-order valence-electron chi connectivity index (χ0n) is 16.2. The van der Waals surface area contributed by atoms with E-state index in [0.29, 0.717) is 10.6 Å². The first-order valence-corrected chi connectivity index (χ1v) is 9.93. The van der Waals surface area contributed by atoms with E-state index in [0.717, 1.165) is 30.4 Å². The van der Waals surface area contributed by atoms with E-state index in [1.165, 1.54) is 35.0 Å². The molecule has 5 heteroatoms. The smallest absolute Gasteiger partial charge is 0.341 e. The van der Waals surface area contributed by atoms with Gasteiger partial charge in [-0.25, -0.2) is 4.79 Å². The van der Waals surface area contributed by atoms with Crippen LogP contribution in [0.1, 0.15) is 59.1 Å². The Morgan fingerprint density at radius 2 is 1.85 bits per heavy atom. The first-order valence-electron chi connectivity index (χ1n) is 9.12. The highest BCUT2D eigenvalue weighted by Gasteiger charge is 2.27. The van der Waals surface area contributed by atoms with Crippen LogP contribution in [0.5, 0.6) is 0 Å². The number of esters is 1. The van der Waals surface area contributed by atoms with Crippen molar-refractivity contribution in [3.05, 3.63) is 57.5 Å². The fourth-order valence-corrected chi connectivity index (χ4v) is 4.51. The first-order chi connectivity index (χ1) is 12.8. The molecule has 1 heterocycles. The number of aryl methyl sites for hydroxylation is 1. The van der Waals surface area contributed by atoms with Gasteiger partial charge in [0.1, 0.15) is 5.00 Å². The van der Waals surface area contributed by atoms with E-state index >= 15 is 0 Å². The number of amides is 1. The second-order valence-corrected chi connectivity index (χ2v) is 8.85. The van der Waals surface area contributed by atoms with Crippen molar-refractivity contribution in [2.24, 2.45) is 0 Å². The molecule has 27 heavy (non-hydrogen) atoms. The maximum absolute atomic E-state index is 12.4. The Labute approximate surface area is 164 Å². The number of benzene rings is 1. The number of rotatable bonds is 4. The summed E-state index contributed by atoms with van der Waals surface area (Å²) < 4.78 is 4.91. The lowest BCUT2D eigenvalue weighted by Crippen LogP contribution is -2.12. The average Bonchev–Trinajstić information content (AvgIpc) is 3.19. The van der Waals surface area contributed by atoms with Crippen molar-refractivity contribution in [1.82, 2.24) is 0 Å². The highest BCUT2D eigenvalue weighted by atomic mass is 32.1. The van der Waals surface area contributed by atoms with Crippen molar-refractivity contribution >= 4 is 34.3 Å². The van der Waals surface area contributed by atoms with E-state index in [4.69, 9.17) is 4.74 Å². The molecule has 1 aliphatic rings. The first kappa shape index (κ1) is 19.4. The fourth-order valence-electron chi connectivity index (χ4n) is 3.23. The SMILES string of the molecule is COC(=O)c1c(NC(=O)/C=C/c2ccc(C(C)(C)C)cc2)sc2c1CCC2. The summed E-state index contributed by atoms with van der Waals surface area (Å²) in [4.78, 5) is 25.7. The summed E-state index contributed by atoms with van der Waals surface area (Å²) in [6.45, 7) is 6.51. The molecule has 1 aromatic carbocycles. The standard InChI is InChI=1S/C22H25NO3S/c1-22(2,3)15-11-8-14(9-12-15)10-13-18(24)23-20-19(21(25)26-4)16-6-5-7-17(16)27-20/h8-13H,5-7H2,1-4H3,(H,23,24)/b13-10+. The lowest BCUT2D eigenvalue weighted by atomic mass is 9.87. The Hall–Kier alpha value is -2.40. The molecule has 1 aromatic heterocycles. The third kappa shape index (κ3) is 4.30. The summed E-state index contributed by atoms with van der Waals surface area (Å²) >= 11 is 1.48. The summed E-state index contributed by atoms with van der Waals surface area (Å²) in [6.07, 6.45) is 6.14. The quantitative estimate of drug-likeness (QED) is 0.599. The predicted molar refractivity (Wildman–Crippen MR) is 110 cm³/mol. The molecular weight excluding hydrogens is 358 g/mol. The molecule has 0 saturated carbocycles. The monoisotopic (exact) mass is 383 g/mol. The van der Waals surface area contributed by atoms with Gasteiger partial charge in [-0.15, -0.1) is 11.3 Å². The topological polar surface area (TPSA) is 55.4 Å². The van der Waals surface area contributed by atoms with Crippen LogP contribution in [0.25, 0.3) is 6.08 Å². The Bertz CT molecular complexity index is 886. The van der Waals surface area contributed by atoms with Gasteiger partial charge in [-0.3, -0.25) is 4.79 Å². The number of nitrogens with one attached hydrogen (secondary N) is 1. The van der Waals surface area contributed by atoms with E-state index < -0.39 is 0 Å². The number of ether oxygens (including phenoxy) is 1. The summed E-state index contributed by atoms with van der Waals surface area (Å²) in [6, 6.07) is 8.17. The van der Waals surface area contributed by atoms with Gasteiger partial charge in [0.25, 0.3) is 0 Å². The lowest BCUT2D eigenvalue weighted by molar-refractivity contribution is -0.111. The number of methoxy groups -OCH3 is 1. The van der Waals surface area contributed by atoms with Crippen molar-refractivity contribution in [2.45, 2.75) is 45.4 Å². The molecule has 0 radical (unpaired) electrons. The molecule has 4 nitrogen and oxygen atoms in total. The fraction of sp³-hybridized carbons (Fsp3) is 0.364. The Balaban J connectivity index is 1.73. The minimum absolute atomic E-state index is 0.101. The van der Waals surface area contributed by atoms with E-state index in [-0.39, 0.29) is 17.3 Å². The molecule has 0 saturated heterocycles. The number of hydrogen-bond acceptors (Lipinski definition) is 4. The largest absolute Gasteiger partial charge is 0.465 e. The Kier molecular flexibility index (Phi) is 5.51. The number of anilines is 1. The molecule has 0 spiro atoms. The van der Waals surface area contributed by atoms with Crippen molar-refractivity contribution < 1.29 is 14.3 Å². The average molecular weight is 384 g/mol. The molecule has 0 unspecified atom stereocenters. The molecule has 142 valence electrons. The highest BCUT2D eigenvalue weighted by molar-refractivity contribution is 7.17. The molecule has 2 aromatic rings. The van der Waals surface area contributed by atoms with Crippen LogP contribution < -0.4 is 5.32 Å². The second-order valence-electron chi connectivity index (χ2n) is 7.75. The summed E-state index contributed by atoms with van der Waals surface area (Å²) in [5.41, 5.74) is 3.86. The van der Waals surface area contributed by atoms with Crippen molar-refractivity contribution in [2.75, 3.05) is 12.4 Å². The van der Waals surface area contributed by atoms with Gasteiger partial charge in [-0.2, -0.15) is 0 Å². The van der Waals surface area contributed by atoms with Gasteiger partial charge >= 0.3 is 5.97 Å². The number of hydrogen-bond donors (Lipinski definition) is 1. The zero-order chi connectivity index (χ0) is 19.6. The van der Waals surface area contributed by atoms with Crippen LogP contribution in [0.2, 0.25) is 0 Å². The van der Waals surface area contributed by atoms with Gasteiger partial charge in [0.05, 0.1) is 12.7 Å². The molecule has 0 bridgehead atoms. The van der Waals surface area contributed by atoms with Crippen LogP contribution in [0, 0.1) is 0 Å². The van der Waals surface area contributed by atoms with Crippen LogP contribution >= 0.6 is 11.3 Å². The minimum Gasteiger partial charge on any atom is -0.465 e. The van der Waals surface area contributed by atoms with Crippen LogP contribution in [-0.2, 0) is 27.8 Å². The Morgan fingerprint density at radius 1 is 1.15 bits per heavy atom. The Morgan fingerprint density at radius 3 is 2.48 bits per heavy atom. The van der Waals surface area contributed by atoms with Gasteiger partial charge in [0, 0.05) is 11.0 Å². The normalized spacial score (nSPS) is 13.6. The van der Waals surface area contributed by atoms with E-state index in [9.17, 15) is 9.59 Å². The van der Waals surface area contributed by atoms with Crippen molar-refractivity contribution in [1.29, 1.82) is 0 Å². The molecule has 1 amide bonds. The molecule has 0 aliphatic heterocycles. The van der Waals surface area contributed by atoms with Gasteiger partial charge < -0.3 is 10.1 Å². The van der Waals surface area contributed by atoms with Gasteiger partial charge in [-0.1, -0.05) is 45.0 Å². The van der Waals surface area contributed by atoms with Crippen LogP contribution in [0.3, 0.4) is 0 Å². The predicted octanol–water partition coefficient (Wildman–Crippen LogP) is 4.97. The van der Waals surface area contributed by atoms with Gasteiger partial charge in [0.15, 0.2) is 0 Å². The number of carbonyl (C=O) groups excluding carboxylic acids is 2. The summed E-state index contributed by atoms with van der Waals surface area (Å²) in [5.74, 6) is -0.633. The van der Waals surface area contributed by atoms with Crippen LogP contribution in [0.15, 0.2) is 30.3 Å². The molecular formula is C22H25NO3S. The van der Waals surface area contributed by atoms with Crippen molar-refractivity contribution in [3.63, 3.8) is 0 Å². The number of thiophene rings is 1. The molecule has 3 rings (SSSR count). The van der Waals surface area contributed by atoms with Crippen LogP contribution in [-0.4, -0.2) is 19.0 Å². The maximum Gasteiger partial charge on any atom is 0.341 e. The zero-order valence-corrected chi connectivity index (χ0v) is 17.0. The number of carbonyl (C=O) groups is 2.